The Kier molecular flexibility index (Phi) is 1.95. The van der Waals surface area contributed by atoms with Crippen molar-refractivity contribution in [1.82, 2.24) is 0 Å². The zero-order valence-electron chi connectivity index (χ0n) is 8.43. The average Bonchev–Trinajstić information content (AvgIpc) is 2.42. The van der Waals surface area contributed by atoms with Crippen LogP contribution in [0.5, 0.6) is 0 Å². The van der Waals surface area contributed by atoms with Crippen molar-refractivity contribution in [1.29, 1.82) is 0 Å². The Morgan fingerprint density at radius 3 is 2.86 bits per heavy atom. The zero-order valence-corrected chi connectivity index (χ0v) is 8.43. The quantitative estimate of drug-likeness (QED) is 0.625. The molecule has 74 valence electrons. The summed E-state index contributed by atoms with van der Waals surface area (Å²) in [6.07, 6.45) is 1.17. The van der Waals surface area contributed by atoms with Crippen LogP contribution in [0.15, 0.2) is 18.2 Å². The number of hydrogen-bond acceptors (Lipinski definition) is 1. The van der Waals surface area contributed by atoms with Gasteiger partial charge in [-0.15, -0.1) is 0 Å². The fourth-order valence-electron chi connectivity index (χ4n) is 2.17. The number of benzene rings is 1. The van der Waals surface area contributed by atoms with Gasteiger partial charge < -0.3 is 0 Å². The Morgan fingerprint density at radius 2 is 2.21 bits per heavy atom. The maximum atomic E-state index is 13.9. The molecule has 0 radical (unpaired) electrons. The first-order chi connectivity index (χ1) is 6.52. The maximum absolute atomic E-state index is 13.9. The molecule has 2 rings (SSSR count). The van der Waals surface area contributed by atoms with Gasteiger partial charge in [0.1, 0.15) is 5.67 Å². The lowest BCUT2D eigenvalue weighted by Gasteiger charge is -2.14. The number of carbonyl (C=O) groups is 1. The van der Waals surface area contributed by atoms with E-state index in [1.165, 1.54) is 6.92 Å². The third-order valence-electron chi connectivity index (χ3n) is 2.96. The van der Waals surface area contributed by atoms with E-state index in [1.54, 1.807) is 25.1 Å². The molecular weight excluding hydrogens is 179 g/mol. The molecule has 1 aromatic rings. The van der Waals surface area contributed by atoms with Crippen LogP contribution in [0.1, 0.15) is 41.8 Å². The van der Waals surface area contributed by atoms with E-state index in [4.69, 9.17) is 0 Å². The van der Waals surface area contributed by atoms with Gasteiger partial charge in [0.2, 0.25) is 0 Å². The molecule has 1 nitrogen and oxygen atoms in total. The molecular formula is C12H13FO. The first-order valence-corrected chi connectivity index (χ1v) is 4.84. The van der Waals surface area contributed by atoms with Crippen molar-refractivity contribution in [3.63, 3.8) is 0 Å². The lowest BCUT2D eigenvalue weighted by molar-refractivity contribution is 0.101. The zero-order chi connectivity index (χ0) is 10.3. The van der Waals surface area contributed by atoms with E-state index in [1.807, 2.05) is 0 Å². The molecule has 0 heterocycles. The van der Waals surface area contributed by atoms with Crippen molar-refractivity contribution in [3.05, 3.63) is 34.9 Å². The molecule has 1 aliphatic rings. The second-order valence-electron chi connectivity index (χ2n) is 4.09. The van der Waals surface area contributed by atoms with Crippen LogP contribution in [0.25, 0.3) is 0 Å². The van der Waals surface area contributed by atoms with Crippen molar-refractivity contribution in [3.8, 4) is 0 Å². The molecule has 1 atom stereocenters. The van der Waals surface area contributed by atoms with E-state index >= 15 is 0 Å². The summed E-state index contributed by atoms with van der Waals surface area (Å²) in [6.45, 7) is 3.12. The second kappa shape index (κ2) is 2.91. The van der Waals surface area contributed by atoms with Crippen LogP contribution < -0.4 is 0 Å². The number of rotatable bonds is 1. The Morgan fingerprint density at radius 1 is 1.50 bits per heavy atom. The highest BCUT2D eigenvalue weighted by atomic mass is 19.1. The highest BCUT2D eigenvalue weighted by molar-refractivity contribution is 5.96. The SMILES string of the molecule is CC(=O)c1cccc2c1CCC2(C)F. The van der Waals surface area contributed by atoms with Crippen LogP contribution in [-0.2, 0) is 12.1 Å². The molecule has 2 heteroatoms. The van der Waals surface area contributed by atoms with Crippen molar-refractivity contribution in [2.45, 2.75) is 32.4 Å². The minimum atomic E-state index is -1.25. The van der Waals surface area contributed by atoms with Gasteiger partial charge in [0.05, 0.1) is 0 Å². The largest absolute Gasteiger partial charge is 0.295 e. The topological polar surface area (TPSA) is 17.1 Å². The van der Waals surface area contributed by atoms with E-state index in [9.17, 15) is 9.18 Å². The van der Waals surface area contributed by atoms with Crippen molar-refractivity contribution in [2.24, 2.45) is 0 Å². The summed E-state index contributed by atoms with van der Waals surface area (Å²) in [7, 11) is 0. The highest BCUT2D eigenvalue weighted by Crippen LogP contribution is 2.41. The molecule has 0 amide bonds. The van der Waals surface area contributed by atoms with Crippen LogP contribution in [-0.4, -0.2) is 5.78 Å². The number of carbonyl (C=O) groups excluding carboxylic acids is 1. The standard InChI is InChI=1S/C12H13FO/c1-8(14)9-4-3-5-11-10(9)6-7-12(11,2)13/h3-5H,6-7H2,1-2H3. The number of ketones is 1. The predicted octanol–water partition coefficient (Wildman–Crippen LogP) is 3.02. The van der Waals surface area contributed by atoms with Gasteiger partial charge in [0, 0.05) is 5.56 Å². The summed E-state index contributed by atoms with van der Waals surface area (Å²) >= 11 is 0. The fraction of sp³-hybridized carbons (Fsp3) is 0.417. The number of fused-ring (bicyclic) bond motifs is 1. The van der Waals surface area contributed by atoms with Crippen LogP contribution in [0.4, 0.5) is 4.39 Å². The first-order valence-electron chi connectivity index (χ1n) is 4.84. The van der Waals surface area contributed by atoms with Crippen LogP contribution in [0, 0.1) is 0 Å². The van der Waals surface area contributed by atoms with E-state index < -0.39 is 5.67 Å². The van der Waals surface area contributed by atoms with Gasteiger partial charge in [-0.3, -0.25) is 4.79 Å². The normalized spacial score (nSPS) is 24.8. The van der Waals surface area contributed by atoms with Crippen LogP contribution >= 0.6 is 0 Å². The van der Waals surface area contributed by atoms with Gasteiger partial charge in [-0.05, 0) is 37.8 Å². The molecule has 0 aliphatic heterocycles. The Bertz CT molecular complexity index is 393. The highest BCUT2D eigenvalue weighted by Gasteiger charge is 2.35. The van der Waals surface area contributed by atoms with Gasteiger partial charge in [0.25, 0.3) is 0 Å². The summed E-state index contributed by atoms with van der Waals surface area (Å²) in [5.74, 6) is 0.0274. The third-order valence-corrected chi connectivity index (χ3v) is 2.96. The predicted molar refractivity (Wildman–Crippen MR) is 53.2 cm³/mol. The number of alkyl halides is 1. The van der Waals surface area contributed by atoms with Gasteiger partial charge in [0.15, 0.2) is 5.78 Å². The lowest BCUT2D eigenvalue weighted by atomic mass is 9.96. The summed E-state index contributed by atoms with van der Waals surface area (Å²) < 4.78 is 13.9. The first kappa shape index (κ1) is 9.38. The lowest BCUT2D eigenvalue weighted by Crippen LogP contribution is -2.10. The van der Waals surface area contributed by atoms with Gasteiger partial charge in [-0.1, -0.05) is 18.2 Å². The summed E-state index contributed by atoms with van der Waals surface area (Å²) in [5, 5.41) is 0. The monoisotopic (exact) mass is 192 g/mol. The second-order valence-corrected chi connectivity index (χ2v) is 4.09. The minimum Gasteiger partial charge on any atom is -0.295 e. The molecule has 1 aliphatic carbocycles. The van der Waals surface area contributed by atoms with E-state index in [0.717, 1.165) is 5.56 Å². The Balaban J connectivity index is 2.61. The van der Waals surface area contributed by atoms with E-state index in [-0.39, 0.29) is 5.78 Å². The molecule has 0 N–H and O–H groups in total. The molecule has 0 aromatic heterocycles. The number of Topliss-reactive ketones (excluding diaryl/α,β-unsaturated/α-hetero) is 1. The van der Waals surface area contributed by atoms with Gasteiger partial charge in [-0.25, -0.2) is 4.39 Å². The molecule has 0 spiro atoms. The fourth-order valence-corrected chi connectivity index (χ4v) is 2.17. The average molecular weight is 192 g/mol. The maximum Gasteiger partial charge on any atom is 0.160 e. The summed E-state index contributed by atoms with van der Waals surface area (Å²) in [4.78, 5) is 11.3. The van der Waals surface area contributed by atoms with Gasteiger partial charge >= 0.3 is 0 Å². The summed E-state index contributed by atoms with van der Waals surface area (Å²) in [6, 6.07) is 5.33. The minimum absolute atomic E-state index is 0.0274. The van der Waals surface area contributed by atoms with Crippen molar-refractivity contribution >= 4 is 5.78 Å². The molecule has 0 saturated carbocycles. The Hall–Kier alpha value is -1.18. The van der Waals surface area contributed by atoms with Crippen LogP contribution in [0.3, 0.4) is 0 Å². The van der Waals surface area contributed by atoms with Crippen LogP contribution in [0.2, 0.25) is 0 Å². The van der Waals surface area contributed by atoms with E-state index in [0.29, 0.717) is 24.0 Å². The molecule has 14 heavy (non-hydrogen) atoms. The van der Waals surface area contributed by atoms with Gasteiger partial charge in [-0.2, -0.15) is 0 Å². The summed E-state index contributed by atoms with van der Waals surface area (Å²) in [5.41, 5.74) is 1.04. The molecule has 0 bridgehead atoms. The van der Waals surface area contributed by atoms with E-state index in [2.05, 4.69) is 0 Å². The number of hydrogen-bond donors (Lipinski definition) is 0. The molecule has 0 fully saturated rings. The smallest absolute Gasteiger partial charge is 0.160 e. The van der Waals surface area contributed by atoms with Crippen molar-refractivity contribution in [2.75, 3.05) is 0 Å². The van der Waals surface area contributed by atoms with Crippen molar-refractivity contribution < 1.29 is 9.18 Å². The molecule has 1 unspecified atom stereocenters. The Labute approximate surface area is 82.9 Å². The molecule has 0 saturated heterocycles. The third kappa shape index (κ3) is 1.26. The molecule has 1 aromatic carbocycles. The number of halogens is 1.